The number of nitrogens with zero attached hydrogens (tertiary/aromatic N) is 2. The number of hydrogen-bond acceptors (Lipinski definition) is 5. The van der Waals surface area contributed by atoms with Crippen molar-refractivity contribution in [3.05, 3.63) is 65.3 Å². The molecule has 2 aromatic heterocycles. The van der Waals surface area contributed by atoms with Gasteiger partial charge in [0.15, 0.2) is 0 Å². The normalized spacial score (nSPS) is 11.5. The number of esters is 1. The van der Waals surface area contributed by atoms with Crippen LogP contribution < -0.4 is 0 Å². The van der Waals surface area contributed by atoms with Gasteiger partial charge in [-0.15, -0.1) is 11.3 Å². The standard InChI is InChI=1S/C25H22N2O2S/c1-4-29-24(28)25(2,3)12-17-11-21-22(14-27-15-23(21)30-17)20-10-9-16(13-26)18-7-5-6-8-19(18)20/h5-11,14-15H,4,12H2,1-3H3. The number of ether oxygens (including phenoxy) is 1. The van der Waals surface area contributed by atoms with Gasteiger partial charge in [0.2, 0.25) is 0 Å². The average Bonchev–Trinajstić information content (AvgIpc) is 3.15. The first-order valence-corrected chi connectivity index (χ1v) is 10.7. The van der Waals surface area contributed by atoms with Crippen molar-refractivity contribution in [2.45, 2.75) is 27.2 Å². The van der Waals surface area contributed by atoms with Crippen molar-refractivity contribution in [3.8, 4) is 17.2 Å². The van der Waals surface area contributed by atoms with E-state index < -0.39 is 5.41 Å². The molecular formula is C25H22N2O2S. The van der Waals surface area contributed by atoms with Crippen molar-refractivity contribution in [3.63, 3.8) is 0 Å². The summed E-state index contributed by atoms with van der Waals surface area (Å²) in [6, 6.07) is 16.3. The maximum Gasteiger partial charge on any atom is 0.311 e. The van der Waals surface area contributed by atoms with Crippen LogP contribution in [0.5, 0.6) is 0 Å². The summed E-state index contributed by atoms with van der Waals surface area (Å²) in [6.45, 7) is 6.05. The predicted octanol–water partition coefficient (Wildman–Crippen LogP) is 6.12. The molecule has 150 valence electrons. The molecule has 4 nitrogen and oxygen atoms in total. The summed E-state index contributed by atoms with van der Waals surface area (Å²) in [5, 5.41) is 12.5. The summed E-state index contributed by atoms with van der Waals surface area (Å²) >= 11 is 1.66. The third-order valence-corrected chi connectivity index (χ3v) is 6.35. The molecule has 0 aliphatic carbocycles. The molecular weight excluding hydrogens is 392 g/mol. The van der Waals surface area contributed by atoms with Crippen molar-refractivity contribution in [1.82, 2.24) is 4.98 Å². The molecule has 0 amide bonds. The summed E-state index contributed by atoms with van der Waals surface area (Å²) in [7, 11) is 0. The third-order valence-electron chi connectivity index (χ3n) is 5.28. The summed E-state index contributed by atoms with van der Waals surface area (Å²) in [5.41, 5.74) is 2.16. The summed E-state index contributed by atoms with van der Waals surface area (Å²) in [5.74, 6) is -0.182. The zero-order chi connectivity index (χ0) is 21.3. The van der Waals surface area contributed by atoms with Crippen LogP contribution in [0.4, 0.5) is 0 Å². The molecule has 2 heterocycles. The lowest BCUT2D eigenvalue weighted by Crippen LogP contribution is -2.28. The number of benzene rings is 2. The van der Waals surface area contributed by atoms with E-state index in [1.807, 2.05) is 69.6 Å². The number of fused-ring (bicyclic) bond motifs is 2. The lowest BCUT2D eigenvalue weighted by molar-refractivity contribution is -0.153. The van der Waals surface area contributed by atoms with E-state index in [0.717, 1.165) is 36.9 Å². The first-order valence-electron chi connectivity index (χ1n) is 9.90. The summed E-state index contributed by atoms with van der Waals surface area (Å²) in [4.78, 5) is 17.9. The number of rotatable bonds is 5. The van der Waals surface area contributed by atoms with E-state index in [1.54, 1.807) is 11.3 Å². The van der Waals surface area contributed by atoms with Crippen LogP contribution in [-0.4, -0.2) is 17.6 Å². The number of nitriles is 1. The molecule has 0 saturated heterocycles. The Morgan fingerprint density at radius 3 is 2.60 bits per heavy atom. The first kappa shape index (κ1) is 20.1. The molecule has 0 aliphatic heterocycles. The van der Waals surface area contributed by atoms with Gasteiger partial charge < -0.3 is 4.74 Å². The molecule has 0 spiro atoms. The fourth-order valence-electron chi connectivity index (χ4n) is 3.78. The smallest absolute Gasteiger partial charge is 0.311 e. The van der Waals surface area contributed by atoms with E-state index in [-0.39, 0.29) is 5.97 Å². The predicted molar refractivity (Wildman–Crippen MR) is 121 cm³/mol. The van der Waals surface area contributed by atoms with Gasteiger partial charge in [0.05, 0.1) is 28.4 Å². The molecule has 0 saturated carbocycles. The molecule has 4 aromatic rings. The van der Waals surface area contributed by atoms with E-state index in [1.165, 1.54) is 0 Å². The van der Waals surface area contributed by atoms with Crippen LogP contribution in [0.25, 0.3) is 32.0 Å². The van der Waals surface area contributed by atoms with Gasteiger partial charge in [-0.3, -0.25) is 9.78 Å². The van der Waals surface area contributed by atoms with Gasteiger partial charge >= 0.3 is 5.97 Å². The lowest BCUT2D eigenvalue weighted by atomic mass is 9.88. The quantitative estimate of drug-likeness (QED) is 0.369. The van der Waals surface area contributed by atoms with Crippen LogP contribution in [0.15, 0.2) is 54.9 Å². The van der Waals surface area contributed by atoms with Crippen molar-refractivity contribution in [2.24, 2.45) is 5.41 Å². The van der Waals surface area contributed by atoms with Crippen molar-refractivity contribution < 1.29 is 9.53 Å². The highest BCUT2D eigenvalue weighted by atomic mass is 32.1. The highest BCUT2D eigenvalue weighted by Gasteiger charge is 2.30. The number of aromatic nitrogens is 1. The van der Waals surface area contributed by atoms with Crippen LogP contribution in [0.2, 0.25) is 0 Å². The second-order valence-electron chi connectivity index (χ2n) is 7.91. The van der Waals surface area contributed by atoms with Gasteiger partial charge in [0.1, 0.15) is 0 Å². The molecule has 2 aromatic carbocycles. The minimum Gasteiger partial charge on any atom is -0.466 e. The van der Waals surface area contributed by atoms with E-state index in [4.69, 9.17) is 4.74 Å². The van der Waals surface area contributed by atoms with Gasteiger partial charge in [-0.1, -0.05) is 30.3 Å². The number of carbonyl (C=O) groups excluding carboxylic acids is 1. The molecule has 30 heavy (non-hydrogen) atoms. The zero-order valence-electron chi connectivity index (χ0n) is 17.2. The zero-order valence-corrected chi connectivity index (χ0v) is 18.0. The summed E-state index contributed by atoms with van der Waals surface area (Å²) < 4.78 is 6.32. The average molecular weight is 415 g/mol. The second kappa shape index (κ2) is 7.89. The largest absolute Gasteiger partial charge is 0.466 e. The monoisotopic (exact) mass is 414 g/mol. The van der Waals surface area contributed by atoms with Crippen LogP contribution >= 0.6 is 11.3 Å². The second-order valence-corrected chi connectivity index (χ2v) is 9.08. The molecule has 5 heteroatoms. The van der Waals surface area contributed by atoms with Gasteiger partial charge in [-0.25, -0.2) is 0 Å². The molecule has 0 unspecified atom stereocenters. The Kier molecular flexibility index (Phi) is 5.27. The van der Waals surface area contributed by atoms with Crippen LogP contribution in [-0.2, 0) is 16.0 Å². The van der Waals surface area contributed by atoms with Gasteiger partial charge in [0.25, 0.3) is 0 Å². The van der Waals surface area contributed by atoms with E-state index >= 15 is 0 Å². The molecule has 0 fully saturated rings. The molecule has 4 rings (SSSR count). The maximum atomic E-state index is 12.3. The molecule has 0 atom stereocenters. The summed E-state index contributed by atoms with van der Waals surface area (Å²) in [6.07, 6.45) is 4.36. The SMILES string of the molecule is CCOC(=O)C(C)(C)Cc1cc2c(-c3ccc(C#N)c4ccccc34)cncc2s1. The first-order chi connectivity index (χ1) is 14.4. The van der Waals surface area contributed by atoms with Crippen molar-refractivity contribution in [1.29, 1.82) is 5.26 Å². The molecule has 0 radical (unpaired) electrons. The minimum atomic E-state index is -0.592. The van der Waals surface area contributed by atoms with E-state index in [2.05, 4.69) is 17.1 Å². The Morgan fingerprint density at radius 2 is 1.87 bits per heavy atom. The number of pyridine rings is 1. The topological polar surface area (TPSA) is 63.0 Å². The highest BCUT2D eigenvalue weighted by molar-refractivity contribution is 7.19. The highest BCUT2D eigenvalue weighted by Crippen LogP contribution is 2.39. The van der Waals surface area contributed by atoms with E-state index in [9.17, 15) is 10.1 Å². The van der Waals surface area contributed by atoms with Gasteiger partial charge in [-0.2, -0.15) is 5.26 Å². The number of hydrogen-bond donors (Lipinski definition) is 0. The third kappa shape index (κ3) is 3.55. The fourth-order valence-corrected chi connectivity index (χ4v) is 5.07. The molecule has 0 N–H and O–H groups in total. The van der Waals surface area contributed by atoms with Crippen LogP contribution in [0.1, 0.15) is 31.2 Å². The molecule has 0 bridgehead atoms. The number of carbonyl (C=O) groups is 1. The van der Waals surface area contributed by atoms with Crippen LogP contribution in [0.3, 0.4) is 0 Å². The van der Waals surface area contributed by atoms with Gasteiger partial charge in [0, 0.05) is 33.6 Å². The maximum absolute atomic E-state index is 12.3. The fraction of sp³-hybridized carbons (Fsp3) is 0.240. The molecule has 0 aliphatic rings. The van der Waals surface area contributed by atoms with Crippen LogP contribution in [0, 0.1) is 16.7 Å². The van der Waals surface area contributed by atoms with Gasteiger partial charge in [-0.05, 0) is 50.3 Å². The Bertz CT molecular complexity index is 1300. The van der Waals surface area contributed by atoms with E-state index in [0.29, 0.717) is 18.6 Å². The van der Waals surface area contributed by atoms with Crippen molar-refractivity contribution >= 4 is 38.2 Å². The Labute approximate surface area is 179 Å². The number of thiophene rings is 1. The lowest BCUT2D eigenvalue weighted by Gasteiger charge is -2.21. The Morgan fingerprint density at radius 1 is 1.10 bits per heavy atom. The van der Waals surface area contributed by atoms with Crippen molar-refractivity contribution in [2.75, 3.05) is 6.61 Å². The Hall–Kier alpha value is -3.23. The minimum absolute atomic E-state index is 0.182. The Balaban J connectivity index is 1.82.